The second kappa shape index (κ2) is 7.10. The maximum absolute atomic E-state index is 13.0. The van der Waals surface area contributed by atoms with Gasteiger partial charge in [0, 0.05) is 13.1 Å². The summed E-state index contributed by atoms with van der Waals surface area (Å²) in [5.74, 6) is -0.825. The molecule has 5 nitrogen and oxygen atoms in total. The number of benzene rings is 1. The first kappa shape index (κ1) is 15.5. The van der Waals surface area contributed by atoms with E-state index in [0.717, 1.165) is 6.07 Å². The topological polar surface area (TPSA) is 79.9 Å². The van der Waals surface area contributed by atoms with Crippen molar-refractivity contribution >= 4 is 11.7 Å². The molecule has 0 radical (unpaired) electrons. The van der Waals surface area contributed by atoms with Gasteiger partial charge >= 0.3 is 6.03 Å². The van der Waals surface area contributed by atoms with Crippen LogP contribution in [0.3, 0.4) is 0 Å². The standard InChI is InChI=1S/C14H15FN4O/c1-3-19(9-10(2)7-16)14(20)18-13-5-4-12(15)6-11(13)8-17/h4-6,10H,3,9H2,1-2H3,(H,18,20). The van der Waals surface area contributed by atoms with Gasteiger partial charge in [-0.05, 0) is 32.0 Å². The summed E-state index contributed by atoms with van der Waals surface area (Å²) in [6.45, 7) is 4.23. The summed E-state index contributed by atoms with van der Waals surface area (Å²) in [4.78, 5) is 13.5. The highest BCUT2D eigenvalue weighted by molar-refractivity contribution is 5.90. The monoisotopic (exact) mass is 274 g/mol. The number of amides is 2. The van der Waals surface area contributed by atoms with Crippen molar-refractivity contribution in [1.82, 2.24) is 4.90 Å². The normalized spacial score (nSPS) is 11.1. The Morgan fingerprint density at radius 3 is 2.75 bits per heavy atom. The van der Waals surface area contributed by atoms with Crippen LogP contribution in [0, 0.1) is 34.4 Å². The fourth-order valence-electron chi connectivity index (χ4n) is 1.64. The molecule has 0 spiro atoms. The summed E-state index contributed by atoms with van der Waals surface area (Å²) in [7, 11) is 0. The lowest BCUT2D eigenvalue weighted by Crippen LogP contribution is -2.37. The Hall–Kier alpha value is -2.60. The SMILES string of the molecule is CCN(CC(C)C#N)C(=O)Nc1ccc(F)cc1C#N. The van der Waals surface area contributed by atoms with Crippen molar-refractivity contribution in [3.8, 4) is 12.1 Å². The maximum Gasteiger partial charge on any atom is 0.321 e. The Labute approximate surface area is 117 Å². The largest absolute Gasteiger partial charge is 0.324 e. The molecule has 20 heavy (non-hydrogen) atoms. The fourth-order valence-corrected chi connectivity index (χ4v) is 1.64. The lowest BCUT2D eigenvalue weighted by molar-refractivity contribution is 0.210. The van der Waals surface area contributed by atoms with Crippen molar-refractivity contribution in [2.45, 2.75) is 13.8 Å². The van der Waals surface area contributed by atoms with Gasteiger partial charge in [0.05, 0.1) is 23.2 Å². The van der Waals surface area contributed by atoms with Crippen molar-refractivity contribution in [3.05, 3.63) is 29.6 Å². The minimum Gasteiger partial charge on any atom is -0.324 e. The van der Waals surface area contributed by atoms with Crippen LogP contribution in [0.15, 0.2) is 18.2 Å². The second-order valence-corrected chi connectivity index (χ2v) is 4.30. The summed E-state index contributed by atoms with van der Waals surface area (Å²) >= 11 is 0. The predicted molar refractivity (Wildman–Crippen MR) is 72.2 cm³/mol. The molecule has 1 aromatic rings. The number of nitrogens with one attached hydrogen (secondary N) is 1. The van der Waals surface area contributed by atoms with Gasteiger partial charge in [-0.2, -0.15) is 10.5 Å². The van der Waals surface area contributed by atoms with Crippen molar-refractivity contribution in [3.63, 3.8) is 0 Å². The second-order valence-electron chi connectivity index (χ2n) is 4.30. The van der Waals surface area contributed by atoms with Crippen molar-refractivity contribution < 1.29 is 9.18 Å². The van der Waals surface area contributed by atoms with Crippen LogP contribution in [0.2, 0.25) is 0 Å². The molecule has 1 atom stereocenters. The number of rotatable bonds is 4. The van der Waals surface area contributed by atoms with Crippen molar-refractivity contribution in [2.24, 2.45) is 5.92 Å². The first-order chi connectivity index (χ1) is 9.51. The molecule has 1 N–H and O–H groups in total. The third-order valence-corrected chi connectivity index (χ3v) is 2.73. The molecule has 1 rings (SSSR count). The van der Waals surface area contributed by atoms with Gasteiger partial charge in [0.1, 0.15) is 11.9 Å². The molecule has 1 aromatic carbocycles. The highest BCUT2D eigenvalue weighted by Gasteiger charge is 2.16. The number of hydrogen-bond donors (Lipinski definition) is 1. The number of urea groups is 1. The molecule has 0 saturated carbocycles. The van der Waals surface area contributed by atoms with Gasteiger partial charge in [0.25, 0.3) is 0 Å². The highest BCUT2D eigenvalue weighted by atomic mass is 19.1. The number of nitrogens with zero attached hydrogens (tertiary/aromatic N) is 3. The Kier molecular flexibility index (Phi) is 5.49. The zero-order chi connectivity index (χ0) is 15.1. The van der Waals surface area contributed by atoms with Crippen LogP contribution in [0.25, 0.3) is 0 Å². The molecule has 0 saturated heterocycles. The zero-order valence-corrected chi connectivity index (χ0v) is 11.4. The van der Waals surface area contributed by atoms with E-state index in [1.54, 1.807) is 13.8 Å². The Balaban J connectivity index is 2.85. The molecule has 0 aromatic heterocycles. The van der Waals surface area contributed by atoms with E-state index in [2.05, 4.69) is 11.4 Å². The van der Waals surface area contributed by atoms with Crippen molar-refractivity contribution in [1.29, 1.82) is 10.5 Å². The van der Waals surface area contributed by atoms with Gasteiger partial charge in [-0.15, -0.1) is 0 Å². The van der Waals surface area contributed by atoms with E-state index in [1.165, 1.54) is 17.0 Å². The fraction of sp³-hybridized carbons (Fsp3) is 0.357. The number of hydrogen-bond acceptors (Lipinski definition) is 3. The number of carbonyl (C=O) groups excluding carboxylic acids is 1. The smallest absolute Gasteiger partial charge is 0.321 e. The Morgan fingerprint density at radius 2 is 2.20 bits per heavy atom. The average Bonchev–Trinajstić information content (AvgIpc) is 2.45. The first-order valence-electron chi connectivity index (χ1n) is 6.17. The quantitative estimate of drug-likeness (QED) is 0.916. The van der Waals surface area contributed by atoms with E-state index in [4.69, 9.17) is 10.5 Å². The summed E-state index contributed by atoms with van der Waals surface area (Å²) < 4.78 is 13.0. The van der Waals surface area contributed by atoms with Gasteiger partial charge in [-0.3, -0.25) is 0 Å². The summed E-state index contributed by atoms with van der Waals surface area (Å²) in [6, 6.07) is 7.03. The highest BCUT2D eigenvalue weighted by Crippen LogP contribution is 2.16. The number of anilines is 1. The van der Waals surface area contributed by atoms with Crippen LogP contribution in [0.5, 0.6) is 0 Å². The van der Waals surface area contributed by atoms with Crippen LogP contribution in [0.4, 0.5) is 14.9 Å². The van der Waals surface area contributed by atoms with Gasteiger partial charge in [-0.25, -0.2) is 9.18 Å². The molecule has 1 unspecified atom stereocenters. The molecule has 0 bridgehead atoms. The average molecular weight is 274 g/mol. The minimum atomic E-state index is -0.537. The molecule has 0 heterocycles. The van der Waals surface area contributed by atoms with Crippen LogP contribution in [-0.4, -0.2) is 24.0 Å². The molecule has 104 valence electrons. The van der Waals surface area contributed by atoms with Gasteiger partial charge in [-0.1, -0.05) is 0 Å². The predicted octanol–water partition coefficient (Wildman–Crippen LogP) is 2.71. The maximum atomic E-state index is 13.0. The first-order valence-corrected chi connectivity index (χ1v) is 6.17. The van der Waals surface area contributed by atoms with Crippen LogP contribution in [0.1, 0.15) is 19.4 Å². The molecule has 0 aliphatic carbocycles. The molecular formula is C14H15FN4O. The van der Waals surface area contributed by atoms with E-state index >= 15 is 0 Å². The van der Waals surface area contributed by atoms with E-state index < -0.39 is 11.8 Å². The zero-order valence-electron chi connectivity index (χ0n) is 11.4. The lowest BCUT2D eigenvalue weighted by atomic mass is 10.2. The Morgan fingerprint density at radius 1 is 1.50 bits per heavy atom. The summed E-state index contributed by atoms with van der Waals surface area (Å²) in [5.41, 5.74) is 0.310. The van der Waals surface area contributed by atoms with E-state index in [0.29, 0.717) is 13.1 Å². The van der Waals surface area contributed by atoms with Crippen LogP contribution in [-0.2, 0) is 0 Å². The van der Waals surface area contributed by atoms with Gasteiger partial charge < -0.3 is 10.2 Å². The Bertz CT molecular complexity index is 574. The van der Waals surface area contributed by atoms with Crippen molar-refractivity contribution in [2.75, 3.05) is 18.4 Å². The molecule has 2 amide bonds. The number of nitriles is 2. The third kappa shape index (κ3) is 3.96. The number of carbonyl (C=O) groups is 1. The molecular weight excluding hydrogens is 259 g/mol. The van der Waals surface area contributed by atoms with E-state index in [1.807, 2.05) is 6.07 Å². The summed E-state index contributed by atoms with van der Waals surface area (Å²) in [6.07, 6.45) is 0. The van der Waals surface area contributed by atoms with Crippen LogP contribution < -0.4 is 5.32 Å². The lowest BCUT2D eigenvalue weighted by Gasteiger charge is -2.22. The third-order valence-electron chi connectivity index (χ3n) is 2.73. The molecule has 6 heteroatoms. The van der Waals surface area contributed by atoms with Gasteiger partial charge in [0.15, 0.2) is 0 Å². The van der Waals surface area contributed by atoms with Crippen LogP contribution >= 0.6 is 0 Å². The van der Waals surface area contributed by atoms with Gasteiger partial charge in [0.2, 0.25) is 0 Å². The molecule has 0 aliphatic rings. The van der Waals surface area contributed by atoms with E-state index in [9.17, 15) is 9.18 Å². The molecule has 0 fully saturated rings. The number of halogens is 1. The summed E-state index contributed by atoms with van der Waals surface area (Å²) in [5, 5.41) is 20.2. The molecule has 0 aliphatic heterocycles. The minimum absolute atomic E-state index is 0.0581. The van der Waals surface area contributed by atoms with E-state index in [-0.39, 0.29) is 17.2 Å².